The fourth-order valence-electron chi connectivity index (χ4n) is 3.14. The molecule has 0 radical (unpaired) electrons. The molecule has 0 bridgehead atoms. The number of carbonyl (C=O) groups is 3. The molecule has 1 aliphatic rings. The molecule has 3 rings (SSSR count). The summed E-state index contributed by atoms with van der Waals surface area (Å²) in [6, 6.07) is 10.9. The Kier molecular flexibility index (Phi) is 6.14. The molecule has 0 saturated carbocycles. The minimum absolute atomic E-state index is 0.0492. The molecule has 0 aromatic heterocycles. The molecule has 0 unspecified atom stereocenters. The third-order valence-corrected chi connectivity index (χ3v) is 5.07. The van der Waals surface area contributed by atoms with Crippen molar-refractivity contribution in [1.29, 1.82) is 0 Å². The Morgan fingerprint density at radius 2 is 1.75 bits per heavy atom. The van der Waals surface area contributed by atoms with Crippen molar-refractivity contribution in [3.63, 3.8) is 0 Å². The van der Waals surface area contributed by atoms with Crippen LogP contribution >= 0.6 is 15.9 Å². The quantitative estimate of drug-likeness (QED) is 0.525. The largest absolute Gasteiger partial charge is 0.491 e. The molecule has 28 heavy (non-hydrogen) atoms. The van der Waals surface area contributed by atoms with E-state index in [1.807, 2.05) is 32.0 Å². The minimum Gasteiger partial charge on any atom is -0.491 e. The maximum atomic E-state index is 12.4. The Morgan fingerprint density at radius 3 is 2.46 bits per heavy atom. The average Bonchev–Trinajstić information content (AvgIpc) is 2.89. The van der Waals surface area contributed by atoms with Crippen LogP contribution in [0, 0.1) is 13.8 Å². The van der Waals surface area contributed by atoms with Crippen molar-refractivity contribution in [2.75, 3.05) is 19.7 Å². The van der Waals surface area contributed by atoms with Gasteiger partial charge in [0.1, 0.15) is 12.4 Å². The van der Waals surface area contributed by atoms with Gasteiger partial charge in [-0.1, -0.05) is 34.1 Å². The maximum absolute atomic E-state index is 12.4. The number of halogens is 1. The van der Waals surface area contributed by atoms with Gasteiger partial charge in [-0.3, -0.25) is 19.3 Å². The van der Waals surface area contributed by atoms with Crippen molar-refractivity contribution in [1.82, 2.24) is 10.2 Å². The Balaban J connectivity index is 1.45. The molecule has 0 atom stereocenters. The number of fused-ring (bicyclic) bond motifs is 1. The van der Waals surface area contributed by atoms with E-state index in [-0.39, 0.29) is 30.7 Å². The number of hydrogen-bond donors (Lipinski definition) is 1. The zero-order valence-corrected chi connectivity index (χ0v) is 17.3. The molecule has 1 N–H and O–H groups in total. The van der Waals surface area contributed by atoms with Crippen molar-refractivity contribution in [2.24, 2.45) is 0 Å². The average molecular weight is 445 g/mol. The van der Waals surface area contributed by atoms with Gasteiger partial charge in [-0.2, -0.15) is 0 Å². The number of imide groups is 1. The van der Waals surface area contributed by atoms with E-state index in [1.165, 1.54) is 0 Å². The molecule has 2 aromatic carbocycles. The second-order valence-electron chi connectivity index (χ2n) is 6.62. The second kappa shape index (κ2) is 8.56. The first-order valence-electron chi connectivity index (χ1n) is 9.00. The molecule has 0 fully saturated rings. The number of rotatable bonds is 7. The smallest absolute Gasteiger partial charge is 0.261 e. The molecule has 6 nitrogen and oxygen atoms in total. The molecule has 0 saturated heterocycles. The first-order valence-corrected chi connectivity index (χ1v) is 9.79. The molecule has 2 aromatic rings. The summed E-state index contributed by atoms with van der Waals surface area (Å²) in [5, 5.41) is 2.76. The van der Waals surface area contributed by atoms with Crippen molar-refractivity contribution >= 4 is 33.7 Å². The van der Waals surface area contributed by atoms with E-state index in [9.17, 15) is 14.4 Å². The van der Waals surface area contributed by atoms with Gasteiger partial charge in [-0.15, -0.1) is 0 Å². The highest BCUT2D eigenvalue weighted by Gasteiger charge is 2.35. The highest BCUT2D eigenvalue weighted by atomic mass is 79.9. The van der Waals surface area contributed by atoms with Crippen LogP contribution in [0.2, 0.25) is 0 Å². The first kappa shape index (κ1) is 20.1. The Morgan fingerprint density at radius 1 is 1.07 bits per heavy atom. The van der Waals surface area contributed by atoms with Crippen LogP contribution in [0.5, 0.6) is 5.75 Å². The zero-order chi connectivity index (χ0) is 20.3. The number of amides is 3. The van der Waals surface area contributed by atoms with Crippen LogP contribution < -0.4 is 10.1 Å². The van der Waals surface area contributed by atoms with Crippen LogP contribution in [-0.4, -0.2) is 42.3 Å². The molecule has 146 valence electrons. The predicted octanol–water partition coefficient (Wildman–Crippen LogP) is 3.25. The summed E-state index contributed by atoms with van der Waals surface area (Å²) in [6.45, 7) is 4.69. The van der Waals surface area contributed by atoms with Crippen LogP contribution in [0.3, 0.4) is 0 Å². The number of benzene rings is 2. The van der Waals surface area contributed by atoms with Crippen LogP contribution in [0.15, 0.2) is 40.9 Å². The predicted molar refractivity (Wildman–Crippen MR) is 109 cm³/mol. The summed E-state index contributed by atoms with van der Waals surface area (Å²) >= 11 is 3.30. The van der Waals surface area contributed by atoms with Gasteiger partial charge in [0.25, 0.3) is 11.8 Å². The number of aryl methyl sites for hydroxylation is 2. The van der Waals surface area contributed by atoms with Gasteiger partial charge in [0, 0.05) is 17.4 Å². The first-order chi connectivity index (χ1) is 13.4. The molecule has 3 amide bonds. The number of nitrogens with one attached hydrogen (secondary N) is 1. The van der Waals surface area contributed by atoms with E-state index in [0.717, 1.165) is 26.2 Å². The lowest BCUT2D eigenvalue weighted by molar-refractivity contribution is -0.121. The fourth-order valence-corrected chi connectivity index (χ4v) is 3.50. The van der Waals surface area contributed by atoms with Crippen LogP contribution in [0.25, 0.3) is 0 Å². The van der Waals surface area contributed by atoms with Gasteiger partial charge >= 0.3 is 0 Å². The number of nitrogens with zero attached hydrogens (tertiary/aromatic N) is 1. The molecule has 0 spiro atoms. The lowest BCUT2D eigenvalue weighted by Gasteiger charge is -2.14. The van der Waals surface area contributed by atoms with E-state index in [2.05, 4.69) is 21.2 Å². The van der Waals surface area contributed by atoms with E-state index in [1.54, 1.807) is 18.2 Å². The normalized spacial score (nSPS) is 12.9. The lowest BCUT2D eigenvalue weighted by atomic mass is 10.1. The van der Waals surface area contributed by atoms with Crippen LogP contribution in [-0.2, 0) is 4.79 Å². The third kappa shape index (κ3) is 4.25. The van der Waals surface area contributed by atoms with Crippen molar-refractivity contribution in [2.45, 2.75) is 20.3 Å². The Labute approximate surface area is 172 Å². The van der Waals surface area contributed by atoms with Crippen molar-refractivity contribution in [3.05, 3.63) is 63.1 Å². The summed E-state index contributed by atoms with van der Waals surface area (Å²) < 4.78 is 6.48. The molecule has 1 heterocycles. The number of ether oxygens (including phenoxy) is 1. The second-order valence-corrected chi connectivity index (χ2v) is 7.54. The van der Waals surface area contributed by atoms with Gasteiger partial charge in [0.05, 0.1) is 17.7 Å². The van der Waals surface area contributed by atoms with Gasteiger partial charge in [-0.25, -0.2) is 0 Å². The standard InChI is InChI=1S/C21H21BrN2O4/c1-13-4-3-5-14(2)19(13)28-11-9-23-18(25)8-10-24-20(26)16-7-6-15(22)12-17(16)21(24)27/h3-7,12H,8-11H2,1-2H3,(H,23,25). The Bertz CT molecular complexity index is 922. The third-order valence-electron chi connectivity index (χ3n) is 4.57. The van der Waals surface area contributed by atoms with E-state index in [4.69, 9.17) is 4.74 Å². The topological polar surface area (TPSA) is 75.7 Å². The molecule has 0 aliphatic carbocycles. The number of hydrogen-bond acceptors (Lipinski definition) is 4. The fraction of sp³-hybridized carbons (Fsp3) is 0.286. The SMILES string of the molecule is Cc1cccc(C)c1OCCNC(=O)CCN1C(=O)c2ccc(Br)cc2C1=O. The summed E-state index contributed by atoms with van der Waals surface area (Å²) in [5.41, 5.74) is 2.82. The monoisotopic (exact) mass is 444 g/mol. The molecule has 1 aliphatic heterocycles. The maximum Gasteiger partial charge on any atom is 0.261 e. The van der Waals surface area contributed by atoms with Gasteiger partial charge in [0.2, 0.25) is 5.91 Å². The van der Waals surface area contributed by atoms with Crippen molar-refractivity contribution in [3.8, 4) is 5.75 Å². The summed E-state index contributed by atoms with van der Waals surface area (Å²) in [4.78, 5) is 37.9. The zero-order valence-electron chi connectivity index (χ0n) is 15.8. The molecule has 7 heteroatoms. The summed E-state index contributed by atoms with van der Waals surface area (Å²) in [5.74, 6) is -0.136. The van der Waals surface area contributed by atoms with Gasteiger partial charge in [0.15, 0.2) is 0 Å². The highest BCUT2D eigenvalue weighted by molar-refractivity contribution is 9.10. The van der Waals surface area contributed by atoms with E-state index in [0.29, 0.717) is 24.3 Å². The number of para-hydroxylation sites is 1. The summed E-state index contributed by atoms with van der Waals surface area (Å²) in [6.07, 6.45) is 0.0516. The molecular weight excluding hydrogens is 424 g/mol. The van der Waals surface area contributed by atoms with Crippen LogP contribution in [0.4, 0.5) is 0 Å². The molecular formula is C21H21BrN2O4. The minimum atomic E-state index is -0.368. The number of carbonyl (C=O) groups excluding carboxylic acids is 3. The summed E-state index contributed by atoms with van der Waals surface area (Å²) in [7, 11) is 0. The lowest BCUT2D eigenvalue weighted by Crippen LogP contribution is -2.35. The van der Waals surface area contributed by atoms with E-state index >= 15 is 0 Å². The van der Waals surface area contributed by atoms with Gasteiger partial charge < -0.3 is 10.1 Å². The Hall–Kier alpha value is -2.67. The van der Waals surface area contributed by atoms with Crippen LogP contribution in [0.1, 0.15) is 38.3 Å². The highest BCUT2D eigenvalue weighted by Crippen LogP contribution is 2.26. The van der Waals surface area contributed by atoms with Crippen molar-refractivity contribution < 1.29 is 19.1 Å². The van der Waals surface area contributed by atoms with E-state index < -0.39 is 0 Å². The van der Waals surface area contributed by atoms with Gasteiger partial charge in [-0.05, 0) is 43.2 Å².